The summed E-state index contributed by atoms with van der Waals surface area (Å²) in [6.45, 7) is 5.91. The van der Waals surface area contributed by atoms with Crippen LogP contribution in [0.4, 0.5) is 11.7 Å². The second kappa shape index (κ2) is 7.97. The summed E-state index contributed by atoms with van der Waals surface area (Å²) >= 11 is 12.2. The molecule has 1 aliphatic rings. The average molecular weight is 418 g/mol. The molecule has 0 spiro atoms. The van der Waals surface area contributed by atoms with Gasteiger partial charge < -0.3 is 14.7 Å². The topological polar surface area (TPSA) is 67.1 Å². The van der Waals surface area contributed by atoms with Crippen molar-refractivity contribution in [1.82, 2.24) is 15.1 Å². The zero-order valence-corrected chi connectivity index (χ0v) is 17.2. The second-order valence-corrected chi connectivity index (χ2v) is 8.10. The van der Waals surface area contributed by atoms with Crippen molar-refractivity contribution in [3.05, 3.63) is 52.3 Å². The Morgan fingerprint density at radius 2 is 2.00 bits per heavy atom. The second-order valence-electron chi connectivity index (χ2n) is 7.23. The van der Waals surface area contributed by atoms with Crippen LogP contribution in [-0.2, 0) is 0 Å². The van der Waals surface area contributed by atoms with Crippen LogP contribution in [0.2, 0.25) is 10.0 Å². The van der Waals surface area contributed by atoms with Crippen molar-refractivity contribution < 1.29 is 4.52 Å². The Bertz CT molecular complexity index is 956. The zero-order valence-electron chi connectivity index (χ0n) is 15.7. The van der Waals surface area contributed by atoms with Gasteiger partial charge in [0.15, 0.2) is 0 Å². The Kier molecular flexibility index (Phi) is 5.42. The highest BCUT2D eigenvalue weighted by Gasteiger charge is 2.32. The van der Waals surface area contributed by atoms with E-state index in [9.17, 15) is 0 Å². The van der Waals surface area contributed by atoms with Crippen molar-refractivity contribution in [1.29, 1.82) is 0 Å². The van der Waals surface area contributed by atoms with E-state index in [1.807, 2.05) is 19.2 Å². The van der Waals surface area contributed by atoms with Gasteiger partial charge in [0.1, 0.15) is 0 Å². The van der Waals surface area contributed by atoms with Crippen molar-refractivity contribution in [2.24, 2.45) is 5.92 Å². The Morgan fingerprint density at radius 3 is 2.75 bits per heavy atom. The Balaban J connectivity index is 1.43. The highest BCUT2D eigenvalue weighted by atomic mass is 35.5. The number of anilines is 2. The van der Waals surface area contributed by atoms with E-state index in [1.54, 1.807) is 18.2 Å². The molecule has 0 bridgehead atoms. The third kappa shape index (κ3) is 4.23. The molecular formula is C20H21Cl2N5O. The maximum atomic E-state index is 6.08. The number of benzene rings is 1. The standard InChI is InChI=1S/C20H21Cl2N5O/c1-12-5-18(3-4-23-12)24-10-14-6-13(2)27(11-14)20-25-19(26-28-20)15-7-16(21)9-17(22)8-15/h3-5,7-9,13-14H,6,10-11H2,1-2H3,(H,23,24). The number of aromatic nitrogens is 3. The number of pyridine rings is 1. The van der Waals surface area contributed by atoms with Crippen molar-refractivity contribution in [2.75, 3.05) is 23.3 Å². The molecule has 1 N–H and O–H groups in total. The lowest BCUT2D eigenvalue weighted by Crippen LogP contribution is -2.27. The molecule has 0 aliphatic carbocycles. The highest BCUT2D eigenvalue weighted by molar-refractivity contribution is 6.35. The predicted molar refractivity (Wildman–Crippen MR) is 112 cm³/mol. The van der Waals surface area contributed by atoms with Gasteiger partial charge in [0.25, 0.3) is 0 Å². The van der Waals surface area contributed by atoms with Gasteiger partial charge >= 0.3 is 6.01 Å². The van der Waals surface area contributed by atoms with Gasteiger partial charge in [0.05, 0.1) is 0 Å². The summed E-state index contributed by atoms with van der Waals surface area (Å²) < 4.78 is 5.53. The van der Waals surface area contributed by atoms with Crippen molar-refractivity contribution >= 4 is 34.9 Å². The molecule has 2 unspecified atom stereocenters. The molecule has 0 radical (unpaired) electrons. The fourth-order valence-electron chi connectivity index (χ4n) is 3.61. The smallest absolute Gasteiger partial charge is 0.324 e. The van der Waals surface area contributed by atoms with Gasteiger partial charge in [-0.1, -0.05) is 28.4 Å². The van der Waals surface area contributed by atoms with Gasteiger partial charge in [-0.3, -0.25) is 4.98 Å². The van der Waals surface area contributed by atoms with Crippen LogP contribution in [0.15, 0.2) is 41.1 Å². The number of aryl methyl sites for hydroxylation is 1. The SMILES string of the molecule is Cc1cc(NCC2CC(C)N(c3nc(-c4cc(Cl)cc(Cl)c4)no3)C2)ccn1. The first-order valence-corrected chi connectivity index (χ1v) is 9.97. The predicted octanol–water partition coefficient (Wildman–Crippen LogP) is 5.07. The zero-order chi connectivity index (χ0) is 19.7. The van der Waals surface area contributed by atoms with Crippen molar-refractivity contribution in [3.8, 4) is 11.4 Å². The minimum atomic E-state index is 0.322. The van der Waals surface area contributed by atoms with Crippen LogP contribution in [0.25, 0.3) is 11.4 Å². The van der Waals surface area contributed by atoms with E-state index in [2.05, 4.69) is 38.3 Å². The Hall–Kier alpha value is -2.31. The molecule has 3 aromatic rings. The van der Waals surface area contributed by atoms with Gasteiger partial charge in [-0.15, -0.1) is 0 Å². The lowest BCUT2D eigenvalue weighted by Gasteiger charge is -2.17. The molecule has 1 saturated heterocycles. The highest BCUT2D eigenvalue weighted by Crippen LogP contribution is 2.31. The van der Waals surface area contributed by atoms with Crippen LogP contribution in [0.3, 0.4) is 0 Å². The molecular weight excluding hydrogens is 397 g/mol. The number of hydrogen-bond acceptors (Lipinski definition) is 6. The molecule has 6 nitrogen and oxygen atoms in total. The van der Waals surface area contributed by atoms with Gasteiger partial charge in [-0.05, 0) is 56.5 Å². The molecule has 28 heavy (non-hydrogen) atoms. The normalized spacial score (nSPS) is 19.2. The average Bonchev–Trinajstić information content (AvgIpc) is 3.26. The Morgan fingerprint density at radius 1 is 1.21 bits per heavy atom. The van der Waals surface area contributed by atoms with Crippen LogP contribution in [0.1, 0.15) is 19.0 Å². The van der Waals surface area contributed by atoms with Crippen LogP contribution in [0, 0.1) is 12.8 Å². The Labute approximate surface area is 173 Å². The van der Waals surface area contributed by atoms with E-state index >= 15 is 0 Å². The summed E-state index contributed by atoms with van der Waals surface area (Å²) in [4.78, 5) is 11.0. The van der Waals surface area contributed by atoms with Crippen LogP contribution < -0.4 is 10.2 Å². The maximum absolute atomic E-state index is 6.08. The van der Waals surface area contributed by atoms with Gasteiger partial charge in [-0.2, -0.15) is 4.98 Å². The lowest BCUT2D eigenvalue weighted by atomic mass is 10.1. The monoisotopic (exact) mass is 417 g/mol. The molecule has 1 aliphatic heterocycles. The lowest BCUT2D eigenvalue weighted by molar-refractivity contribution is 0.412. The summed E-state index contributed by atoms with van der Waals surface area (Å²) in [7, 11) is 0. The number of nitrogens with zero attached hydrogens (tertiary/aromatic N) is 4. The van der Waals surface area contributed by atoms with Gasteiger partial charge in [0.2, 0.25) is 5.82 Å². The van der Waals surface area contributed by atoms with E-state index < -0.39 is 0 Å². The number of hydrogen-bond donors (Lipinski definition) is 1. The molecule has 2 atom stereocenters. The summed E-state index contributed by atoms with van der Waals surface area (Å²) in [5.41, 5.74) is 2.84. The van der Waals surface area contributed by atoms with Crippen LogP contribution in [0.5, 0.6) is 0 Å². The molecule has 3 heterocycles. The first kappa shape index (κ1) is 19.0. The van der Waals surface area contributed by atoms with Gasteiger partial charge in [0, 0.05) is 52.3 Å². The fourth-order valence-corrected chi connectivity index (χ4v) is 4.13. The first-order chi connectivity index (χ1) is 13.5. The molecule has 0 saturated carbocycles. The summed E-state index contributed by atoms with van der Waals surface area (Å²) in [5.74, 6) is 0.972. The first-order valence-electron chi connectivity index (χ1n) is 9.21. The van der Waals surface area contributed by atoms with Crippen LogP contribution in [-0.4, -0.2) is 34.3 Å². The van der Waals surface area contributed by atoms with E-state index in [0.717, 1.165) is 36.5 Å². The minimum Gasteiger partial charge on any atom is -0.385 e. The minimum absolute atomic E-state index is 0.322. The third-order valence-corrected chi connectivity index (χ3v) is 5.37. The fraction of sp³-hybridized carbons (Fsp3) is 0.350. The molecule has 1 fully saturated rings. The van der Waals surface area contributed by atoms with E-state index in [4.69, 9.17) is 27.7 Å². The van der Waals surface area contributed by atoms with Crippen LogP contribution >= 0.6 is 23.2 Å². The summed E-state index contributed by atoms with van der Waals surface area (Å²) in [6, 6.07) is 10.1. The quantitative estimate of drug-likeness (QED) is 0.624. The maximum Gasteiger partial charge on any atom is 0.324 e. The van der Waals surface area contributed by atoms with Crippen molar-refractivity contribution in [2.45, 2.75) is 26.3 Å². The van der Waals surface area contributed by atoms with Gasteiger partial charge in [-0.25, -0.2) is 0 Å². The molecule has 0 amide bonds. The largest absolute Gasteiger partial charge is 0.385 e. The molecule has 2 aromatic heterocycles. The van der Waals surface area contributed by atoms with Crippen molar-refractivity contribution in [3.63, 3.8) is 0 Å². The summed E-state index contributed by atoms with van der Waals surface area (Å²) in [6.07, 6.45) is 2.88. The summed E-state index contributed by atoms with van der Waals surface area (Å²) in [5, 5.41) is 8.69. The number of halogens is 2. The number of rotatable bonds is 5. The number of nitrogens with one attached hydrogen (secondary N) is 1. The molecule has 1 aromatic carbocycles. The molecule has 8 heteroatoms. The molecule has 146 valence electrons. The van der Waals surface area contributed by atoms with E-state index in [0.29, 0.717) is 33.8 Å². The third-order valence-electron chi connectivity index (χ3n) is 4.93. The van der Waals surface area contributed by atoms with E-state index in [1.165, 1.54) is 0 Å². The molecule has 4 rings (SSSR count). The van der Waals surface area contributed by atoms with E-state index in [-0.39, 0.29) is 0 Å².